The minimum atomic E-state index is 0.569. The number of aromatic nitrogens is 4. The molecule has 3 heterocycles. The number of para-hydroxylation sites is 1. The van der Waals surface area contributed by atoms with Gasteiger partial charge in [0.05, 0.1) is 22.4 Å². The molecule has 0 aliphatic carbocycles. The van der Waals surface area contributed by atoms with Gasteiger partial charge >= 0.3 is 0 Å². The molecule has 0 radical (unpaired) electrons. The van der Waals surface area contributed by atoms with Crippen LogP contribution in [0.3, 0.4) is 0 Å². The average Bonchev–Trinajstić information content (AvgIpc) is 3.57. The summed E-state index contributed by atoms with van der Waals surface area (Å²) in [5.41, 5.74) is 12.0. The first kappa shape index (κ1) is 30.3. The molecule has 0 atom stereocenters. The van der Waals surface area contributed by atoms with Gasteiger partial charge < -0.3 is 4.57 Å². The van der Waals surface area contributed by atoms with E-state index >= 15 is 0 Å². The van der Waals surface area contributed by atoms with Crippen molar-refractivity contribution in [3.05, 3.63) is 188 Å². The fraction of sp³-hybridized carbons (Fsp3) is 0. The predicted octanol–water partition coefficient (Wildman–Crippen LogP) is 12.6. The molecule has 0 spiro atoms. The van der Waals surface area contributed by atoms with E-state index in [1.54, 1.807) is 0 Å². The molecule has 5 nitrogen and oxygen atoms in total. The molecule has 252 valence electrons. The summed E-state index contributed by atoms with van der Waals surface area (Å²) in [6.07, 6.45) is 0. The number of fused-ring (bicyclic) bond motifs is 5. The van der Waals surface area contributed by atoms with Gasteiger partial charge in [0, 0.05) is 38.5 Å². The molecule has 0 saturated carbocycles. The predicted molar refractivity (Wildman–Crippen MR) is 222 cm³/mol. The Hall–Kier alpha value is -7.37. The van der Waals surface area contributed by atoms with E-state index in [0.717, 1.165) is 44.8 Å². The lowest BCUT2D eigenvalue weighted by Crippen LogP contribution is -2.19. The first-order chi connectivity index (χ1) is 26.8. The van der Waals surface area contributed by atoms with Gasteiger partial charge in [-0.3, -0.25) is 4.90 Å². The van der Waals surface area contributed by atoms with Crippen LogP contribution in [0.15, 0.2) is 188 Å². The van der Waals surface area contributed by atoms with Crippen molar-refractivity contribution < 1.29 is 0 Å². The maximum Gasteiger partial charge on any atom is 0.238 e. The topological polar surface area (TPSA) is 46.8 Å². The molecule has 2 aromatic heterocycles. The summed E-state index contributed by atoms with van der Waals surface area (Å²) < 4.78 is 2.39. The first-order valence-electron chi connectivity index (χ1n) is 18.2. The summed E-state index contributed by atoms with van der Waals surface area (Å²) >= 11 is 0. The van der Waals surface area contributed by atoms with Crippen LogP contribution in [0.4, 0.5) is 17.3 Å². The second-order valence-electron chi connectivity index (χ2n) is 13.7. The Balaban J connectivity index is 1.25. The number of hydrogen-bond donors (Lipinski definition) is 0. The number of anilines is 3. The van der Waals surface area contributed by atoms with Crippen LogP contribution in [-0.2, 0) is 0 Å². The molecule has 1 aliphatic rings. The van der Waals surface area contributed by atoms with Gasteiger partial charge in [0.2, 0.25) is 5.95 Å². The van der Waals surface area contributed by atoms with Crippen LogP contribution in [-0.4, -0.2) is 19.5 Å². The highest BCUT2D eigenvalue weighted by molar-refractivity contribution is 6.19. The maximum absolute atomic E-state index is 5.26. The second-order valence-corrected chi connectivity index (χ2v) is 13.7. The zero-order valence-electron chi connectivity index (χ0n) is 29.1. The van der Waals surface area contributed by atoms with Crippen LogP contribution in [0.2, 0.25) is 0 Å². The van der Waals surface area contributed by atoms with Crippen LogP contribution >= 0.6 is 0 Å². The Kier molecular flexibility index (Phi) is 6.79. The fourth-order valence-corrected chi connectivity index (χ4v) is 8.10. The molecule has 11 rings (SSSR count). The summed E-state index contributed by atoms with van der Waals surface area (Å²) in [4.78, 5) is 17.8. The molecule has 0 amide bonds. The van der Waals surface area contributed by atoms with Crippen LogP contribution in [0.1, 0.15) is 0 Å². The van der Waals surface area contributed by atoms with Crippen LogP contribution in [0.25, 0.3) is 83.3 Å². The summed E-state index contributed by atoms with van der Waals surface area (Å²) in [7, 11) is 0. The van der Waals surface area contributed by atoms with Crippen molar-refractivity contribution in [1.29, 1.82) is 0 Å². The third kappa shape index (κ3) is 4.76. The molecule has 0 fully saturated rings. The largest absolute Gasteiger partial charge is 0.309 e. The van der Waals surface area contributed by atoms with Crippen molar-refractivity contribution in [2.24, 2.45) is 0 Å². The Morgan fingerprint density at radius 1 is 0.370 bits per heavy atom. The van der Waals surface area contributed by atoms with E-state index in [1.165, 1.54) is 38.2 Å². The smallest absolute Gasteiger partial charge is 0.238 e. The molecule has 8 aromatic carbocycles. The molecule has 0 unspecified atom stereocenters. The number of nitrogens with zero attached hydrogens (tertiary/aromatic N) is 5. The van der Waals surface area contributed by atoms with Crippen LogP contribution < -0.4 is 4.90 Å². The van der Waals surface area contributed by atoms with E-state index in [2.05, 4.69) is 161 Å². The molecule has 54 heavy (non-hydrogen) atoms. The zero-order valence-corrected chi connectivity index (χ0v) is 29.1. The molecule has 0 bridgehead atoms. The van der Waals surface area contributed by atoms with Crippen molar-refractivity contribution in [1.82, 2.24) is 19.5 Å². The highest BCUT2D eigenvalue weighted by atomic mass is 15.3. The number of hydrogen-bond acceptors (Lipinski definition) is 4. The van der Waals surface area contributed by atoms with Gasteiger partial charge in [0.1, 0.15) is 0 Å². The SMILES string of the molecule is c1ccc(-c2ccc3c(c2)c2cc4c(cc2n3-c2ccccc2)N(c2nc(-c3ccccc3)nc(-c3ccccc3)n2)c2cccc3cccc-4c23)cc1. The van der Waals surface area contributed by atoms with E-state index < -0.39 is 0 Å². The molecule has 0 saturated heterocycles. The van der Waals surface area contributed by atoms with Crippen LogP contribution in [0.5, 0.6) is 0 Å². The first-order valence-corrected chi connectivity index (χ1v) is 18.2. The van der Waals surface area contributed by atoms with Crippen LogP contribution in [0, 0.1) is 0 Å². The summed E-state index contributed by atoms with van der Waals surface area (Å²) in [5, 5.41) is 4.73. The average molecular weight is 690 g/mol. The molecule has 1 aliphatic heterocycles. The highest BCUT2D eigenvalue weighted by Crippen LogP contribution is 2.52. The van der Waals surface area contributed by atoms with E-state index in [-0.39, 0.29) is 0 Å². The van der Waals surface area contributed by atoms with E-state index in [1.807, 2.05) is 36.4 Å². The minimum absolute atomic E-state index is 0.569. The number of rotatable bonds is 5. The maximum atomic E-state index is 5.26. The Bertz CT molecular complexity index is 2970. The lowest BCUT2D eigenvalue weighted by molar-refractivity contribution is 1.02. The van der Waals surface area contributed by atoms with Crippen molar-refractivity contribution in [3.8, 4) is 50.7 Å². The van der Waals surface area contributed by atoms with Crippen molar-refractivity contribution in [2.75, 3.05) is 4.90 Å². The van der Waals surface area contributed by atoms with Crippen molar-refractivity contribution in [2.45, 2.75) is 0 Å². The van der Waals surface area contributed by atoms with E-state index in [4.69, 9.17) is 15.0 Å². The molecule has 10 aromatic rings. The Labute approximate surface area is 312 Å². The molecular formula is C49H31N5. The third-order valence-electron chi connectivity index (χ3n) is 10.5. The Morgan fingerprint density at radius 3 is 1.63 bits per heavy atom. The lowest BCUT2D eigenvalue weighted by Gasteiger charge is -2.32. The van der Waals surface area contributed by atoms with E-state index in [9.17, 15) is 0 Å². The molecular weight excluding hydrogens is 659 g/mol. The minimum Gasteiger partial charge on any atom is -0.309 e. The zero-order chi connectivity index (χ0) is 35.6. The quantitative estimate of drug-likeness (QED) is 0.180. The van der Waals surface area contributed by atoms with Gasteiger partial charge in [-0.15, -0.1) is 0 Å². The number of benzene rings is 8. The summed E-state index contributed by atoms with van der Waals surface area (Å²) in [5.74, 6) is 1.82. The van der Waals surface area contributed by atoms with Gasteiger partial charge in [-0.1, -0.05) is 146 Å². The van der Waals surface area contributed by atoms with Crippen molar-refractivity contribution in [3.63, 3.8) is 0 Å². The second kappa shape index (κ2) is 12.1. The monoisotopic (exact) mass is 689 g/mol. The van der Waals surface area contributed by atoms with Gasteiger partial charge in [-0.05, 0) is 64.5 Å². The van der Waals surface area contributed by atoms with Gasteiger partial charge in [-0.2, -0.15) is 9.97 Å². The van der Waals surface area contributed by atoms with E-state index in [0.29, 0.717) is 17.6 Å². The van der Waals surface area contributed by atoms with Gasteiger partial charge in [0.15, 0.2) is 11.6 Å². The Morgan fingerprint density at radius 2 is 0.963 bits per heavy atom. The van der Waals surface area contributed by atoms with Gasteiger partial charge in [0.25, 0.3) is 0 Å². The molecule has 5 heteroatoms. The third-order valence-corrected chi connectivity index (χ3v) is 10.5. The summed E-state index contributed by atoms with van der Waals surface area (Å²) in [6.45, 7) is 0. The van der Waals surface area contributed by atoms with Crippen molar-refractivity contribution >= 4 is 49.9 Å². The van der Waals surface area contributed by atoms with Gasteiger partial charge in [-0.25, -0.2) is 4.98 Å². The summed E-state index contributed by atoms with van der Waals surface area (Å²) in [6, 6.07) is 66.3. The normalized spacial score (nSPS) is 12.0. The highest BCUT2D eigenvalue weighted by Gasteiger charge is 2.30. The fourth-order valence-electron chi connectivity index (χ4n) is 8.10. The lowest BCUT2D eigenvalue weighted by atomic mass is 9.90. The molecule has 0 N–H and O–H groups in total. The standard InChI is InChI=1S/C49H31N5/c1-5-15-32(16-6-1)36-27-28-42-39(29-36)41-30-40-38-25-13-21-33-22-14-26-43(46(33)38)54(45(40)31-44(41)53(42)37-23-11-4-12-24-37)49-51-47(34-17-7-2-8-18-34)50-48(52-49)35-19-9-3-10-20-35/h1-31H.